The fraction of sp³-hybridized carbons (Fsp3) is 0.333. The van der Waals surface area contributed by atoms with Crippen molar-refractivity contribution in [2.75, 3.05) is 7.11 Å². The number of rotatable bonds is 3. The number of nitrogens with zero attached hydrogens (tertiary/aromatic N) is 1. The van der Waals surface area contributed by atoms with Gasteiger partial charge in [0.15, 0.2) is 0 Å². The molecule has 0 spiro atoms. The highest BCUT2D eigenvalue weighted by molar-refractivity contribution is 6.17. The van der Waals surface area contributed by atoms with Crippen LogP contribution in [0.15, 0.2) is 12.1 Å². The molecule has 19 heavy (non-hydrogen) atoms. The molecule has 0 radical (unpaired) electrons. The van der Waals surface area contributed by atoms with Crippen LogP contribution >= 0.6 is 11.6 Å². The molecule has 0 N–H and O–H groups in total. The smallest absolute Gasteiger partial charge is 0.416 e. The normalized spacial score (nSPS) is 10.9. The summed E-state index contributed by atoms with van der Waals surface area (Å²) in [6.07, 6.45) is -4.87. The SMILES string of the molecule is COC(=O)Cc1c(C#N)cc(C(F)(F)F)cc1CCl. The van der Waals surface area contributed by atoms with Crippen molar-refractivity contribution in [3.8, 4) is 6.07 Å². The average Bonchev–Trinajstić information content (AvgIpc) is 2.37. The molecule has 1 aromatic rings. The van der Waals surface area contributed by atoms with Crippen molar-refractivity contribution in [3.05, 3.63) is 34.4 Å². The Bertz CT molecular complexity index is 535. The van der Waals surface area contributed by atoms with Gasteiger partial charge in [0.1, 0.15) is 0 Å². The molecule has 0 fully saturated rings. The Hall–Kier alpha value is -1.74. The number of halogens is 4. The summed E-state index contributed by atoms with van der Waals surface area (Å²) < 4.78 is 42.3. The lowest BCUT2D eigenvalue weighted by Crippen LogP contribution is -2.12. The third-order valence-electron chi connectivity index (χ3n) is 2.48. The molecule has 0 heterocycles. The molecule has 0 saturated carbocycles. The predicted octanol–water partition coefficient (Wildman–Crippen LogP) is 3.03. The Morgan fingerprint density at radius 3 is 2.53 bits per heavy atom. The van der Waals surface area contributed by atoms with E-state index in [1.54, 1.807) is 6.07 Å². The summed E-state index contributed by atoms with van der Waals surface area (Å²) >= 11 is 5.58. The van der Waals surface area contributed by atoms with Crippen molar-refractivity contribution < 1.29 is 22.7 Å². The quantitative estimate of drug-likeness (QED) is 0.635. The molecular weight excluding hydrogens is 283 g/mol. The van der Waals surface area contributed by atoms with Gasteiger partial charge in [-0.05, 0) is 23.3 Å². The number of esters is 1. The second-order valence-corrected chi connectivity index (χ2v) is 3.92. The van der Waals surface area contributed by atoms with Crippen LogP contribution in [0.5, 0.6) is 0 Å². The van der Waals surface area contributed by atoms with Crippen LogP contribution in [-0.4, -0.2) is 13.1 Å². The number of benzene rings is 1. The maximum Gasteiger partial charge on any atom is 0.416 e. The lowest BCUT2D eigenvalue weighted by atomic mass is 9.96. The first-order valence-corrected chi connectivity index (χ1v) is 5.62. The molecule has 0 aromatic heterocycles. The first-order valence-electron chi connectivity index (χ1n) is 5.09. The van der Waals surface area contributed by atoms with E-state index < -0.39 is 17.7 Å². The molecule has 0 aliphatic carbocycles. The van der Waals surface area contributed by atoms with Crippen LogP contribution in [0.4, 0.5) is 13.2 Å². The lowest BCUT2D eigenvalue weighted by Gasteiger charge is -2.13. The van der Waals surface area contributed by atoms with E-state index in [-0.39, 0.29) is 29.0 Å². The average molecular weight is 292 g/mol. The molecule has 0 atom stereocenters. The van der Waals surface area contributed by atoms with Crippen molar-refractivity contribution in [2.24, 2.45) is 0 Å². The van der Waals surface area contributed by atoms with Gasteiger partial charge in [-0.25, -0.2) is 0 Å². The Morgan fingerprint density at radius 1 is 1.47 bits per heavy atom. The maximum absolute atomic E-state index is 12.6. The molecular formula is C12H9ClF3NO2. The van der Waals surface area contributed by atoms with E-state index in [4.69, 9.17) is 16.9 Å². The number of ether oxygens (including phenoxy) is 1. The Balaban J connectivity index is 3.39. The summed E-state index contributed by atoms with van der Waals surface area (Å²) in [5.74, 6) is -0.882. The largest absolute Gasteiger partial charge is 0.469 e. The van der Waals surface area contributed by atoms with Gasteiger partial charge in [0, 0.05) is 5.88 Å². The minimum Gasteiger partial charge on any atom is -0.469 e. The van der Waals surface area contributed by atoms with E-state index in [9.17, 15) is 18.0 Å². The van der Waals surface area contributed by atoms with Gasteiger partial charge in [-0.3, -0.25) is 4.79 Å². The highest BCUT2D eigenvalue weighted by atomic mass is 35.5. The number of hydrogen-bond acceptors (Lipinski definition) is 3. The van der Waals surface area contributed by atoms with E-state index in [0.29, 0.717) is 6.07 Å². The number of carbonyl (C=O) groups excluding carboxylic acids is 1. The van der Waals surface area contributed by atoms with Crippen LogP contribution < -0.4 is 0 Å². The summed E-state index contributed by atoms with van der Waals surface area (Å²) in [6.45, 7) is 0. The van der Waals surface area contributed by atoms with Gasteiger partial charge >= 0.3 is 12.1 Å². The van der Waals surface area contributed by atoms with Gasteiger partial charge in [0.2, 0.25) is 0 Å². The van der Waals surface area contributed by atoms with Gasteiger partial charge in [-0.1, -0.05) is 0 Å². The molecule has 0 amide bonds. The minimum atomic E-state index is -4.57. The molecule has 0 unspecified atom stereocenters. The van der Waals surface area contributed by atoms with Gasteiger partial charge in [-0.15, -0.1) is 11.6 Å². The summed E-state index contributed by atoms with van der Waals surface area (Å²) in [7, 11) is 1.15. The van der Waals surface area contributed by atoms with Crippen LogP contribution in [-0.2, 0) is 28.0 Å². The molecule has 3 nitrogen and oxygen atoms in total. The molecule has 0 aliphatic rings. The molecule has 7 heteroatoms. The maximum atomic E-state index is 12.6. The summed E-state index contributed by atoms with van der Waals surface area (Å²) in [5, 5.41) is 8.90. The van der Waals surface area contributed by atoms with Crippen molar-refractivity contribution >= 4 is 17.6 Å². The molecule has 0 bridgehead atoms. The van der Waals surface area contributed by atoms with E-state index in [2.05, 4.69) is 4.74 Å². The van der Waals surface area contributed by atoms with Crippen molar-refractivity contribution in [2.45, 2.75) is 18.5 Å². The predicted molar refractivity (Wildman–Crippen MR) is 61.4 cm³/mol. The highest BCUT2D eigenvalue weighted by Crippen LogP contribution is 2.33. The molecule has 1 rings (SSSR count). The number of methoxy groups -OCH3 is 1. The monoisotopic (exact) mass is 291 g/mol. The first kappa shape index (κ1) is 15.3. The highest BCUT2D eigenvalue weighted by Gasteiger charge is 2.32. The van der Waals surface area contributed by atoms with Crippen molar-refractivity contribution in [3.63, 3.8) is 0 Å². The number of hydrogen-bond donors (Lipinski definition) is 0. The van der Waals surface area contributed by atoms with Crippen molar-refractivity contribution in [1.82, 2.24) is 0 Å². The van der Waals surface area contributed by atoms with Gasteiger partial charge in [0.05, 0.1) is 30.7 Å². The molecule has 0 aliphatic heterocycles. The van der Waals surface area contributed by atoms with Gasteiger partial charge < -0.3 is 4.74 Å². The van der Waals surface area contributed by atoms with Gasteiger partial charge in [0.25, 0.3) is 0 Å². The molecule has 102 valence electrons. The van der Waals surface area contributed by atoms with Crippen LogP contribution in [0.1, 0.15) is 22.3 Å². The lowest BCUT2D eigenvalue weighted by molar-refractivity contribution is -0.139. The molecule has 1 aromatic carbocycles. The van der Waals surface area contributed by atoms with E-state index in [1.807, 2.05) is 0 Å². The fourth-order valence-electron chi connectivity index (χ4n) is 1.54. The van der Waals surface area contributed by atoms with Crippen LogP contribution in [0.3, 0.4) is 0 Å². The third kappa shape index (κ3) is 3.61. The summed E-state index contributed by atoms with van der Waals surface area (Å²) in [4.78, 5) is 11.2. The molecule has 0 saturated heterocycles. The zero-order valence-electron chi connectivity index (χ0n) is 9.84. The topological polar surface area (TPSA) is 50.1 Å². The number of carbonyl (C=O) groups is 1. The standard InChI is InChI=1S/C12H9ClF3NO2/c1-19-11(18)4-10-7(5-13)2-9(12(14,15)16)3-8(10)6-17/h2-3H,4-5H2,1H3. The zero-order valence-corrected chi connectivity index (χ0v) is 10.6. The first-order chi connectivity index (χ1) is 8.83. The summed E-state index contributed by atoms with van der Waals surface area (Å²) in [6, 6.07) is 3.19. The summed E-state index contributed by atoms with van der Waals surface area (Å²) in [5.41, 5.74) is -0.931. The Kier molecular flexibility index (Phi) is 4.78. The Labute approximate surface area is 112 Å². The minimum absolute atomic E-state index is 0.0958. The number of alkyl halides is 4. The second-order valence-electron chi connectivity index (χ2n) is 3.66. The third-order valence-corrected chi connectivity index (χ3v) is 2.77. The Morgan fingerprint density at radius 2 is 2.11 bits per heavy atom. The van der Waals surface area contributed by atoms with Crippen LogP contribution in [0.25, 0.3) is 0 Å². The van der Waals surface area contributed by atoms with Crippen LogP contribution in [0.2, 0.25) is 0 Å². The van der Waals surface area contributed by atoms with Gasteiger partial charge in [-0.2, -0.15) is 18.4 Å². The zero-order chi connectivity index (χ0) is 14.6. The van der Waals surface area contributed by atoms with Crippen molar-refractivity contribution in [1.29, 1.82) is 5.26 Å². The fourth-order valence-corrected chi connectivity index (χ4v) is 1.78. The van der Waals surface area contributed by atoms with Crippen LogP contribution in [0, 0.1) is 11.3 Å². The number of nitriles is 1. The van der Waals surface area contributed by atoms with E-state index in [0.717, 1.165) is 13.2 Å². The second kappa shape index (κ2) is 5.93. The van der Waals surface area contributed by atoms with E-state index in [1.165, 1.54) is 0 Å². The van der Waals surface area contributed by atoms with E-state index >= 15 is 0 Å².